The van der Waals surface area contributed by atoms with E-state index in [-0.39, 0.29) is 30.8 Å². The topological polar surface area (TPSA) is 88.6 Å². The number of likely N-dealkylation sites (tertiary alicyclic amines) is 1. The molecule has 0 unspecified atom stereocenters. The normalized spacial score (nSPS) is 19.2. The van der Waals surface area contributed by atoms with Gasteiger partial charge in [0.2, 0.25) is 5.91 Å². The van der Waals surface area contributed by atoms with Crippen LogP contribution in [0.5, 0.6) is 5.75 Å². The van der Waals surface area contributed by atoms with Gasteiger partial charge in [-0.25, -0.2) is 23.1 Å². The molecular weight excluding hydrogens is 511 g/mol. The number of carbonyl (C=O) groups is 1. The molecule has 2 aliphatic rings. The van der Waals surface area contributed by atoms with E-state index in [0.29, 0.717) is 53.5 Å². The molecule has 0 radical (unpaired) electrons. The van der Waals surface area contributed by atoms with Crippen LogP contribution in [0.3, 0.4) is 0 Å². The summed E-state index contributed by atoms with van der Waals surface area (Å²) in [5.74, 6) is -2.84. The van der Waals surface area contributed by atoms with E-state index in [2.05, 4.69) is 20.6 Å². The number of aromatic nitrogens is 2. The molecule has 5 rings (SSSR count). The van der Waals surface area contributed by atoms with Crippen LogP contribution in [0.1, 0.15) is 6.42 Å². The van der Waals surface area contributed by atoms with Gasteiger partial charge in [0.05, 0.1) is 42.5 Å². The van der Waals surface area contributed by atoms with Crippen molar-refractivity contribution in [1.82, 2.24) is 14.9 Å². The van der Waals surface area contributed by atoms with Crippen LogP contribution in [-0.2, 0) is 9.53 Å². The number of ether oxygens (including phenoxy) is 2. The van der Waals surface area contributed by atoms with Gasteiger partial charge >= 0.3 is 0 Å². The van der Waals surface area contributed by atoms with Crippen molar-refractivity contribution in [3.8, 4) is 5.75 Å². The maximum Gasteiger partial charge on any atom is 0.272 e. The van der Waals surface area contributed by atoms with Crippen LogP contribution in [0.15, 0.2) is 48.8 Å². The number of hydrogen-bond donors (Lipinski definition) is 2. The van der Waals surface area contributed by atoms with E-state index in [1.165, 1.54) is 41.6 Å². The molecule has 1 amide bonds. The molecule has 1 aromatic heterocycles. The first-order chi connectivity index (χ1) is 17.8. The van der Waals surface area contributed by atoms with Crippen molar-refractivity contribution < 1.29 is 27.4 Å². The average Bonchev–Trinajstić information content (AvgIpc) is 3.34. The first-order valence-corrected chi connectivity index (χ1v) is 12.0. The molecule has 0 bridgehead atoms. The van der Waals surface area contributed by atoms with Gasteiger partial charge in [-0.1, -0.05) is 17.7 Å². The van der Waals surface area contributed by atoms with E-state index in [9.17, 15) is 18.0 Å². The van der Waals surface area contributed by atoms with Gasteiger partial charge in [0.25, 0.3) is 5.92 Å². The van der Waals surface area contributed by atoms with Gasteiger partial charge in [-0.2, -0.15) is 0 Å². The summed E-state index contributed by atoms with van der Waals surface area (Å²) in [7, 11) is 0. The molecule has 2 saturated heterocycles. The predicted molar refractivity (Wildman–Crippen MR) is 133 cm³/mol. The summed E-state index contributed by atoms with van der Waals surface area (Å²) in [6, 6.07) is 7.57. The molecule has 1 atom stereocenters. The monoisotopic (exact) mass is 533 g/mol. The van der Waals surface area contributed by atoms with E-state index >= 15 is 0 Å². The fourth-order valence-electron chi connectivity index (χ4n) is 4.09. The van der Waals surface area contributed by atoms with Crippen LogP contribution in [0.2, 0.25) is 5.02 Å². The third-order valence-corrected chi connectivity index (χ3v) is 6.19. The minimum absolute atomic E-state index is 0.0421. The highest BCUT2D eigenvalue weighted by Crippen LogP contribution is 2.35. The minimum Gasteiger partial charge on any atom is -0.486 e. The maximum absolute atomic E-state index is 13.6. The molecule has 2 aliphatic heterocycles. The Morgan fingerprint density at radius 3 is 2.84 bits per heavy atom. The SMILES string of the molecule is O=C(/C=C/CN1CC(F)(F)C1)Nc1cc2c(Nc3ccc(F)c(Cl)c3)ncnc2cc1O[C@H]1CCOC1. The molecule has 0 aliphatic carbocycles. The molecule has 2 N–H and O–H groups in total. The molecule has 0 saturated carbocycles. The first-order valence-electron chi connectivity index (χ1n) is 11.6. The lowest BCUT2D eigenvalue weighted by atomic mass is 10.1. The summed E-state index contributed by atoms with van der Waals surface area (Å²) < 4.78 is 51.1. The van der Waals surface area contributed by atoms with E-state index in [1.54, 1.807) is 12.1 Å². The van der Waals surface area contributed by atoms with E-state index in [1.807, 2.05) is 0 Å². The minimum atomic E-state index is -2.66. The number of alkyl halides is 2. The van der Waals surface area contributed by atoms with Crippen LogP contribution >= 0.6 is 11.6 Å². The number of carbonyl (C=O) groups excluding carboxylic acids is 1. The Bertz CT molecular complexity index is 1340. The van der Waals surface area contributed by atoms with Crippen molar-refractivity contribution in [2.75, 3.05) is 43.5 Å². The lowest BCUT2D eigenvalue weighted by molar-refractivity contribution is -0.125. The van der Waals surface area contributed by atoms with Gasteiger partial charge in [0, 0.05) is 36.2 Å². The molecule has 0 spiro atoms. The zero-order chi connectivity index (χ0) is 26.0. The number of nitrogens with zero attached hydrogens (tertiary/aromatic N) is 3. The number of benzene rings is 2. The van der Waals surface area contributed by atoms with E-state index in [0.717, 1.165) is 0 Å². The second-order valence-electron chi connectivity index (χ2n) is 8.86. The molecule has 37 heavy (non-hydrogen) atoms. The summed E-state index contributed by atoms with van der Waals surface area (Å²) in [5.41, 5.74) is 1.44. The summed E-state index contributed by atoms with van der Waals surface area (Å²) in [6.07, 6.45) is 4.72. The highest BCUT2D eigenvalue weighted by Gasteiger charge is 2.42. The summed E-state index contributed by atoms with van der Waals surface area (Å²) in [4.78, 5) is 22.8. The van der Waals surface area contributed by atoms with Crippen LogP contribution in [0, 0.1) is 5.82 Å². The number of anilines is 3. The van der Waals surface area contributed by atoms with Crippen molar-refractivity contribution in [2.45, 2.75) is 18.4 Å². The fourth-order valence-corrected chi connectivity index (χ4v) is 4.28. The molecule has 3 heterocycles. The standard InChI is InChI=1S/C25H23ClF3N5O3/c26-18-8-15(3-4-19(18)27)32-24-17-9-21(33-23(35)2-1-6-34-12-25(28,29)13-34)22(10-20(17)30-14-31-24)37-16-5-7-36-11-16/h1-4,8-10,14,16H,5-7,11-13H2,(H,33,35)(H,30,31,32)/b2-1+/t16-/m0/s1. The Hall–Kier alpha value is -3.41. The smallest absolute Gasteiger partial charge is 0.272 e. The Morgan fingerprint density at radius 1 is 1.27 bits per heavy atom. The van der Waals surface area contributed by atoms with Gasteiger partial charge in [-0.3, -0.25) is 9.69 Å². The molecular formula is C25H23ClF3N5O3. The van der Waals surface area contributed by atoms with E-state index in [4.69, 9.17) is 21.1 Å². The molecule has 8 nitrogen and oxygen atoms in total. The Morgan fingerprint density at radius 2 is 2.11 bits per heavy atom. The number of halogens is 4. The molecule has 12 heteroatoms. The maximum atomic E-state index is 13.6. The van der Waals surface area contributed by atoms with Gasteiger partial charge in [0.1, 0.15) is 29.8 Å². The number of rotatable bonds is 8. The average molecular weight is 534 g/mol. The van der Waals surface area contributed by atoms with Gasteiger partial charge in [-0.15, -0.1) is 0 Å². The van der Waals surface area contributed by atoms with Crippen LogP contribution in [-0.4, -0.2) is 65.6 Å². The van der Waals surface area contributed by atoms with Crippen molar-refractivity contribution in [3.05, 3.63) is 59.7 Å². The zero-order valence-electron chi connectivity index (χ0n) is 19.5. The highest BCUT2D eigenvalue weighted by atomic mass is 35.5. The molecule has 194 valence electrons. The second kappa shape index (κ2) is 10.5. The lowest BCUT2D eigenvalue weighted by Crippen LogP contribution is -2.55. The summed E-state index contributed by atoms with van der Waals surface area (Å²) >= 11 is 5.90. The van der Waals surface area contributed by atoms with Crippen LogP contribution < -0.4 is 15.4 Å². The van der Waals surface area contributed by atoms with Crippen molar-refractivity contribution >= 4 is 45.6 Å². The van der Waals surface area contributed by atoms with Crippen molar-refractivity contribution in [1.29, 1.82) is 0 Å². The predicted octanol–water partition coefficient (Wildman–Crippen LogP) is 4.78. The highest BCUT2D eigenvalue weighted by molar-refractivity contribution is 6.31. The molecule has 2 fully saturated rings. The Kier molecular flexibility index (Phi) is 7.18. The second-order valence-corrected chi connectivity index (χ2v) is 9.27. The quantitative estimate of drug-likeness (QED) is 0.403. The van der Waals surface area contributed by atoms with Crippen molar-refractivity contribution in [2.24, 2.45) is 0 Å². The van der Waals surface area contributed by atoms with Crippen LogP contribution in [0.4, 0.5) is 30.4 Å². The Labute approximate surface area is 215 Å². The number of hydrogen-bond acceptors (Lipinski definition) is 7. The summed E-state index contributed by atoms with van der Waals surface area (Å²) in [6.45, 7) is 0.605. The molecule has 3 aromatic rings. The van der Waals surface area contributed by atoms with Crippen molar-refractivity contribution in [3.63, 3.8) is 0 Å². The lowest BCUT2D eigenvalue weighted by Gasteiger charge is -2.37. The fraction of sp³-hybridized carbons (Fsp3) is 0.320. The van der Waals surface area contributed by atoms with Gasteiger partial charge < -0.3 is 20.1 Å². The summed E-state index contributed by atoms with van der Waals surface area (Å²) in [5, 5.41) is 6.42. The zero-order valence-corrected chi connectivity index (χ0v) is 20.3. The van der Waals surface area contributed by atoms with E-state index < -0.39 is 17.6 Å². The largest absolute Gasteiger partial charge is 0.486 e. The van der Waals surface area contributed by atoms with Gasteiger partial charge in [-0.05, 0) is 24.3 Å². The number of fused-ring (bicyclic) bond motifs is 1. The first kappa shape index (κ1) is 25.2. The van der Waals surface area contributed by atoms with Gasteiger partial charge in [0.15, 0.2) is 0 Å². The third kappa shape index (κ3) is 6.12. The third-order valence-electron chi connectivity index (χ3n) is 5.90. The number of nitrogens with one attached hydrogen (secondary N) is 2. The Balaban J connectivity index is 1.40. The molecule has 2 aromatic carbocycles. The van der Waals surface area contributed by atoms with Crippen LogP contribution in [0.25, 0.3) is 10.9 Å². The number of amides is 1.